The third-order valence-electron chi connectivity index (χ3n) is 4.20. The SMILES string of the molecule is Cc1cccc(C(C)C)c1Nc1nccc(Nc2cccc(C(=O)O)c2)n1. The van der Waals surface area contributed by atoms with Gasteiger partial charge >= 0.3 is 5.97 Å². The zero-order chi connectivity index (χ0) is 19.4. The lowest BCUT2D eigenvalue weighted by atomic mass is 9.98. The number of carboxylic acids is 1. The van der Waals surface area contributed by atoms with Gasteiger partial charge in [-0.3, -0.25) is 0 Å². The molecule has 0 aliphatic heterocycles. The molecular formula is C21H22N4O2. The van der Waals surface area contributed by atoms with Crippen molar-refractivity contribution in [3.05, 3.63) is 71.4 Å². The van der Waals surface area contributed by atoms with E-state index in [-0.39, 0.29) is 5.56 Å². The molecule has 0 aliphatic carbocycles. The Balaban J connectivity index is 1.85. The molecule has 0 spiro atoms. The summed E-state index contributed by atoms with van der Waals surface area (Å²) in [6.07, 6.45) is 1.66. The van der Waals surface area contributed by atoms with Gasteiger partial charge in [0.2, 0.25) is 5.95 Å². The summed E-state index contributed by atoms with van der Waals surface area (Å²) in [7, 11) is 0. The molecule has 0 fully saturated rings. The van der Waals surface area contributed by atoms with E-state index < -0.39 is 5.97 Å². The second kappa shape index (κ2) is 7.86. The van der Waals surface area contributed by atoms with Crippen LogP contribution in [0.1, 0.15) is 41.3 Å². The van der Waals surface area contributed by atoms with Crippen molar-refractivity contribution in [2.45, 2.75) is 26.7 Å². The fourth-order valence-corrected chi connectivity index (χ4v) is 2.82. The normalized spacial score (nSPS) is 10.7. The molecule has 2 aromatic carbocycles. The van der Waals surface area contributed by atoms with Gasteiger partial charge in [-0.05, 0) is 48.2 Å². The zero-order valence-electron chi connectivity index (χ0n) is 15.5. The van der Waals surface area contributed by atoms with Crippen molar-refractivity contribution in [3.8, 4) is 0 Å². The van der Waals surface area contributed by atoms with Crippen molar-refractivity contribution in [3.63, 3.8) is 0 Å². The van der Waals surface area contributed by atoms with Crippen molar-refractivity contribution in [1.29, 1.82) is 0 Å². The number of hydrogen-bond donors (Lipinski definition) is 3. The van der Waals surface area contributed by atoms with E-state index in [9.17, 15) is 4.79 Å². The summed E-state index contributed by atoms with van der Waals surface area (Å²) in [6.45, 7) is 6.34. The van der Waals surface area contributed by atoms with Gasteiger partial charge in [0, 0.05) is 17.6 Å². The van der Waals surface area contributed by atoms with Crippen molar-refractivity contribution in [2.24, 2.45) is 0 Å². The lowest BCUT2D eigenvalue weighted by molar-refractivity contribution is 0.0697. The molecule has 3 aromatic rings. The van der Waals surface area contributed by atoms with Crippen molar-refractivity contribution in [1.82, 2.24) is 9.97 Å². The predicted molar refractivity (Wildman–Crippen MR) is 107 cm³/mol. The number of carboxylic acid groups (broad SMARTS) is 1. The fourth-order valence-electron chi connectivity index (χ4n) is 2.82. The van der Waals surface area contributed by atoms with Crippen molar-refractivity contribution in [2.75, 3.05) is 10.6 Å². The largest absolute Gasteiger partial charge is 0.478 e. The molecule has 0 atom stereocenters. The Bertz CT molecular complexity index is 970. The van der Waals surface area contributed by atoms with Crippen LogP contribution in [0.4, 0.5) is 23.1 Å². The van der Waals surface area contributed by atoms with Crippen LogP contribution in [0.25, 0.3) is 0 Å². The van der Waals surface area contributed by atoms with Gasteiger partial charge in [-0.25, -0.2) is 9.78 Å². The molecule has 6 heteroatoms. The number of nitrogens with one attached hydrogen (secondary N) is 2. The number of aromatic carboxylic acids is 1. The Morgan fingerprint density at radius 2 is 1.85 bits per heavy atom. The third-order valence-corrected chi connectivity index (χ3v) is 4.20. The fraction of sp³-hybridized carbons (Fsp3) is 0.190. The van der Waals surface area contributed by atoms with Gasteiger partial charge in [-0.15, -0.1) is 0 Å². The van der Waals surface area contributed by atoms with Gasteiger partial charge in [0.15, 0.2) is 0 Å². The Morgan fingerprint density at radius 3 is 2.59 bits per heavy atom. The standard InChI is InChI=1S/C21H22N4O2/c1-13(2)17-9-4-6-14(3)19(17)25-21-22-11-10-18(24-21)23-16-8-5-7-15(12-16)20(26)27/h4-13H,1-3H3,(H,26,27)(H2,22,23,24,25). The molecule has 0 bridgehead atoms. The minimum absolute atomic E-state index is 0.217. The highest BCUT2D eigenvalue weighted by molar-refractivity contribution is 5.89. The maximum atomic E-state index is 11.1. The number of aryl methyl sites for hydroxylation is 1. The Kier molecular flexibility index (Phi) is 5.35. The molecule has 0 saturated carbocycles. The van der Waals surface area contributed by atoms with Gasteiger partial charge in [0.05, 0.1) is 5.56 Å². The minimum Gasteiger partial charge on any atom is -0.478 e. The van der Waals surface area contributed by atoms with E-state index >= 15 is 0 Å². The maximum Gasteiger partial charge on any atom is 0.335 e. The first-order chi connectivity index (χ1) is 12.9. The van der Waals surface area contributed by atoms with Crippen LogP contribution in [-0.4, -0.2) is 21.0 Å². The van der Waals surface area contributed by atoms with E-state index in [1.807, 2.05) is 19.1 Å². The number of carbonyl (C=O) groups is 1. The maximum absolute atomic E-state index is 11.1. The van der Waals surface area contributed by atoms with Gasteiger partial charge in [-0.2, -0.15) is 4.98 Å². The highest BCUT2D eigenvalue weighted by Gasteiger charge is 2.11. The number of anilines is 4. The monoisotopic (exact) mass is 362 g/mol. The number of para-hydroxylation sites is 1. The summed E-state index contributed by atoms with van der Waals surface area (Å²) in [4.78, 5) is 19.9. The first kappa shape index (κ1) is 18.4. The third kappa shape index (κ3) is 4.41. The lowest BCUT2D eigenvalue weighted by Crippen LogP contribution is -2.05. The molecular weight excluding hydrogens is 340 g/mol. The van der Waals surface area contributed by atoms with Gasteiger partial charge in [0.25, 0.3) is 0 Å². The number of benzene rings is 2. The van der Waals surface area contributed by atoms with Crippen LogP contribution in [0.3, 0.4) is 0 Å². The van der Waals surface area contributed by atoms with Crippen LogP contribution < -0.4 is 10.6 Å². The lowest BCUT2D eigenvalue weighted by Gasteiger charge is -2.16. The van der Waals surface area contributed by atoms with E-state index in [1.54, 1.807) is 36.5 Å². The Morgan fingerprint density at radius 1 is 1.07 bits per heavy atom. The second-order valence-electron chi connectivity index (χ2n) is 6.60. The summed E-state index contributed by atoms with van der Waals surface area (Å²) >= 11 is 0. The van der Waals surface area contributed by atoms with E-state index in [1.165, 1.54) is 5.56 Å². The highest BCUT2D eigenvalue weighted by atomic mass is 16.4. The van der Waals surface area contributed by atoms with E-state index in [0.29, 0.717) is 23.4 Å². The zero-order valence-corrected chi connectivity index (χ0v) is 15.5. The van der Waals surface area contributed by atoms with E-state index in [0.717, 1.165) is 11.3 Å². The average molecular weight is 362 g/mol. The average Bonchev–Trinajstić information content (AvgIpc) is 2.63. The topological polar surface area (TPSA) is 87.1 Å². The Labute approximate surface area is 158 Å². The van der Waals surface area contributed by atoms with Crippen LogP contribution in [0.15, 0.2) is 54.7 Å². The molecule has 0 aliphatic rings. The first-order valence-corrected chi connectivity index (χ1v) is 8.74. The summed E-state index contributed by atoms with van der Waals surface area (Å²) in [6, 6.07) is 14.5. The predicted octanol–water partition coefficient (Wildman–Crippen LogP) is 5.09. The molecule has 1 aromatic heterocycles. The molecule has 0 radical (unpaired) electrons. The van der Waals surface area contributed by atoms with Crippen LogP contribution >= 0.6 is 0 Å². The molecule has 6 nitrogen and oxygen atoms in total. The summed E-state index contributed by atoms with van der Waals surface area (Å²) in [5, 5.41) is 15.6. The Hall–Kier alpha value is -3.41. The number of nitrogens with zero attached hydrogens (tertiary/aromatic N) is 2. The van der Waals surface area contributed by atoms with Crippen LogP contribution in [-0.2, 0) is 0 Å². The minimum atomic E-state index is -0.968. The molecule has 138 valence electrons. The summed E-state index contributed by atoms with van der Waals surface area (Å²) in [5.74, 6) is 0.456. The first-order valence-electron chi connectivity index (χ1n) is 8.74. The molecule has 1 heterocycles. The van der Waals surface area contributed by atoms with Gasteiger partial charge in [0.1, 0.15) is 5.82 Å². The molecule has 0 amide bonds. The van der Waals surface area contributed by atoms with Gasteiger partial charge < -0.3 is 15.7 Å². The van der Waals surface area contributed by atoms with Crippen molar-refractivity contribution >= 4 is 29.1 Å². The van der Waals surface area contributed by atoms with E-state index in [4.69, 9.17) is 5.11 Å². The number of aromatic nitrogens is 2. The second-order valence-corrected chi connectivity index (χ2v) is 6.60. The number of rotatable bonds is 6. The molecule has 3 N–H and O–H groups in total. The molecule has 0 saturated heterocycles. The van der Waals surface area contributed by atoms with E-state index in [2.05, 4.69) is 40.5 Å². The molecule has 27 heavy (non-hydrogen) atoms. The molecule has 3 rings (SSSR count). The number of hydrogen-bond acceptors (Lipinski definition) is 5. The summed E-state index contributed by atoms with van der Waals surface area (Å²) in [5.41, 5.74) is 4.20. The van der Waals surface area contributed by atoms with Crippen molar-refractivity contribution < 1.29 is 9.90 Å². The van der Waals surface area contributed by atoms with Gasteiger partial charge in [-0.1, -0.05) is 38.1 Å². The van der Waals surface area contributed by atoms with Crippen LogP contribution in [0.2, 0.25) is 0 Å². The smallest absolute Gasteiger partial charge is 0.335 e. The van der Waals surface area contributed by atoms with Crippen LogP contribution in [0.5, 0.6) is 0 Å². The van der Waals surface area contributed by atoms with Crippen LogP contribution in [0, 0.1) is 6.92 Å². The molecule has 0 unspecified atom stereocenters. The highest BCUT2D eigenvalue weighted by Crippen LogP contribution is 2.29. The summed E-state index contributed by atoms with van der Waals surface area (Å²) < 4.78 is 0. The quantitative estimate of drug-likeness (QED) is 0.566.